The second-order valence-corrected chi connectivity index (χ2v) is 7.23. The summed E-state index contributed by atoms with van der Waals surface area (Å²) < 4.78 is 0.705. The van der Waals surface area contributed by atoms with Crippen LogP contribution in [0.2, 0.25) is 0 Å². The van der Waals surface area contributed by atoms with Gasteiger partial charge in [0.2, 0.25) is 5.91 Å². The molecule has 0 aliphatic rings. The van der Waals surface area contributed by atoms with Gasteiger partial charge in [-0.3, -0.25) is 14.9 Å². The number of nitro groups is 1. The number of anilines is 1. The zero-order valence-corrected chi connectivity index (χ0v) is 15.4. The third-order valence-corrected chi connectivity index (χ3v) is 5.02. The van der Waals surface area contributed by atoms with Crippen molar-refractivity contribution in [3.05, 3.63) is 28.3 Å². The van der Waals surface area contributed by atoms with Crippen LogP contribution in [0, 0.1) is 10.1 Å². The van der Waals surface area contributed by atoms with E-state index in [4.69, 9.17) is 0 Å². The zero-order chi connectivity index (χ0) is 18.1. The molecule has 0 saturated heterocycles. The predicted octanol–water partition coefficient (Wildman–Crippen LogP) is 5.67. The molecule has 0 atom stereocenters. The van der Waals surface area contributed by atoms with E-state index in [1.165, 1.54) is 62.0 Å². The second-order valence-electron chi connectivity index (χ2n) is 6.20. The summed E-state index contributed by atoms with van der Waals surface area (Å²) in [5, 5.41) is 14.1. The number of hydrogen-bond donors (Lipinski definition) is 1. The standard InChI is InChI=1S/C18H25N3O3S/c1-2-3-4-5-6-7-8-9-10-17(22)20-18-19-15-12-11-14(21(23)24)13-16(15)25-18/h11-13H,2-10H2,1H3,(H,19,20,22). The molecule has 0 fully saturated rings. The highest BCUT2D eigenvalue weighted by Gasteiger charge is 2.11. The van der Waals surface area contributed by atoms with E-state index in [2.05, 4.69) is 17.2 Å². The van der Waals surface area contributed by atoms with Crippen molar-refractivity contribution in [2.24, 2.45) is 0 Å². The van der Waals surface area contributed by atoms with Gasteiger partial charge in [0.1, 0.15) is 0 Å². The number of benzene rings is 1. The number of fused-ring (bicyclic) bond motifs is 1. The van der Waals surface area contributed by atoms with E-state index in [1.54, 1.807) is 6.07 Å². The fourth-order valence-corrected chi connectivity index (χ4v) is 3.60. The van der Waals surface area contributed by atoms with E-state index in [0.717, 1.165) is 12.8 Å². The molecule has 0 spiro atoms. The lowest BCUT2D eigenvalue weighted by atomic mass is 10.1. The number of carbonyl (C=O) groups is 1. The first-order valence-corrected chi connectivity index (χ1v) is 9.76. The molecule has 0 unspecified atom stereocenters. The minimum absolute atomic E-state index is 0.0352. The van der Waals surface area contributed by atoms with E-state index in [0.29, 0.717) is 21.8 Å². The van der Waals surface area contributed by atoms with Crippen molar-refractivity contribution >= 4 is 38.3 Å². The van der Waals surface area contributed by atoms with Crippen molar-refractivity contribution in [1.82, 2.24) is 4.98 Å². The van der Waals surface area contributed by atoms with Crippen LogP contribution in [-0.2, 0) is 4.79 Å². The van der Waals surface area contributed by atoms with E-state index in [-0.39, 0.29) is 11.6 Å². The van der Waals surface area contributed by atoms with Crippen LogP contribution in [0.3, 0.4) is 0 Å². The number of nitrogens with zero attached hydrogens (tertiary/aromatic N) is 2. The Labute approximate surface area is 151 Å². The summed E-state index contributed by atoms with van der Waals surface area (Å²) >= 11 is 1.26. The predicted molar refractivity (Wildman–Crippen MR) is 102 cm³/mol. The van der Waals surface area contributed by atoms with Gasteiger partial charge in [-0.25, -0.2) is 4.98 Å². The highest BCUT2D eigenvalue weighted by Crippen LogP contribution is 2.29. The van der Waals surface area contributed by atoms with Crippen molar-refractivity contribution < 1.29 is 9.72 Å². The quantitative estimate of drug-likeness (QED) is 0.316. The molecule has 136 valence electrons. The Balaban J connectivity index is 1.71. The lowest BCUT2D eigenvalue weighted by Gasteiger charge is -2.02. The Morgan fingerprint density at radius 1 is 1.16 bits per heavy atom. The van der Waals surface area contributed by atoms with Crippen LogP contribution in [0.5, 0.6) is 0 Å². The van der Waals surface area contributed by atoms with Crippen LogP contribution in [-0.4, -0.2) is 15.8 Å². The molecular weight excluding hydrogens is 338 g/mol. The molecule has 7 heteroatoms. The topological polar surface area (TPSA) is 85.1 Å². The van der Waals surface area contributed by atoms with Crippen LogP contribution >= 0.6 is 11.3 Å². The molecule has 0 saturated carbocycles. The molecular formula is C18H25N3O3S. The van der Waals surface area contributed by atoms with Gasteiger partial charge in [-0.1, -0.05) is 63.2 Å². The van der Waals surface area contributed by atoms with Gasteiger partial charge in [-0.15, -0.1) is 0 Å². The van der Waals surface area contributed by atoms with Crippen LogP contribution in [0.25, 0.3) is 10.2 Å². The van der Waals surface area contributed by atoms with Crippen molar-refractivity contribution in [3.8, 4) is 0 Å². The minimum atomic E-state index is -0.431. The fraction of sp³-hybridized carbons (Fsp3) is 0.556. The van der Waals surface area contributed by atoms with E-state index >= 15 is 0 Å². The summed E-state index contributed by atoms with van der Waals surface area (Å²) in [7, 11) is 0. The fourth-order valence-electron chi connectivity index (χ4n) is 2.68. The second kappa shape index (κ2) is 10.1. The first-order valence-electron chi connectivity index (χ1n) is 8.95. The summed E-state index contributed by atoms with van der Waals surface area (Å²) in [6.07, 6.45) is 10.1. The Hall–Kier alpha value is -2.02. The number of nitro benzene ring substituents is 1. The first-order chi connectivity index (χ1) is 12.1. The maximum atomic E-state index is 12.0. The monoisotopic (exact) mass is 363 g/mol. The number of amides is 1. The molecule has 1 aromatic heterocycles. The summed E-state index contributed by atoms with van der Waals surface area (Å²) in [5.74, 6) is -0.0421. The molecule has 2 aromatic rings. The lowest BCUT2D eigenvalue weighted by molar-refractivity contribution is -0.384. The van der Waals surface area contributed by atoms with Crippen molar-refractivity contribution in [2.75, 3.05) is 5.32 Å². The number of rotatable bonds is 11. The van der Waals surface area contributed by atoms with Gasteiger partial charge in [0.15, 0.2) is 5.13 Å². The third-order valence-electron chi connectivity index (χ3n) is 4.09. The Morgan fingerprint density at radius 3 is 2.52 bits per heavy atom. The lowest BCUT2D eigenvalue weighted by Crippen LogP contribution is -2.10. The van der Waals surface area contributed by atoms with Crippen LogP contribution in [0.4, 0.5) is 10.8 Å². The van der Waals surface area contributed by atoms with Crippen LogP contribution in [0.15, 0.2) is 18.2 Å². The molecule has 2 rings (SSSR count). The number of unbranched alkanes of at least 4 members (excludes halogenated alkanes) is 7. The maximum Gasteiger partial charge on any atom is 0.270 e. The Morgan fingerprint density at radius 2 is 1.84 bits per heavy atom. The SMILES string of the molecule is CCCCCCCCCCC(=O)Nc1nc2ccc([N+](=O)[O-])cc2s1. The van der Waals surface area contributed by atoms with E-state index < -0.39 is 4.92 Å². The normalized spacial score (nSPS) is 10.9. The Bertz CT molecular complexity index is 715. The number of carbonyl (C=O) groups excluding carboxylic acids is 1. The molecule has 0 aliphatic heterocycles. The highest BCUT2D eigenvalue weighted by molar-refractivity contribution is 7.22. The van der Waals surface area contributed by atoms with E-state index in [1.807, 2.05) is 0 Å². The Kier molecular flexibility index (Phi) is 7.78. The van der Waals surface area contributed by atoms with E-state index in [9.17, 15) is 14.9 Å². The molecule has 1 aromatic carbocycles. The number of non-ortho nitro benzene ring substituents is 1. The van der Waals surface area contributed by atoms with Crippen LogP contribution in [0.1, 0.15) is 64.7 Å². The number of aromatic nitrogens is 1. The molecule has 0 radical (unpaired) electrons. The molecule has 25 heavy (non-hydrogen) atoms. The average Bonchev–Trinajstić information content (AvgIpc) is 2.98. The number of nitrogens with one attached hydrogen (secondary N) is 1. The molecule has 0 aliphatic carbocycles. The molecule has 1 amide bonds. The van der Waals surface area contributed by atoms with Gasteiger partial charge in [-0.05, 0) is 12.5 Å². The third kappa shape index (κ3) is 6.42. The number of hydrogen-bond acceptors (Lipinski definition) is 5. The van der Waals surface area contributed by atoms with Crippen molar-refractivity contribution in [2.45, 2.75) is 64.7 Å². The highest BCUT2D eigenvalue weighted by atomic mass is 32.1. The van der Waals surface area contributed by atoms with Gasteiger partial charge in [0.25, 0.3) is 5.69 Å². The van der Waals surface area contributed by atoms with Crippen molar-refractivity contribution in [1.29, 1.82) is 0 Å². The minimum Gasteiger partial charge on any atom is -0.302 e. The van der Waals surface area contributed by atoms with Crippen LogP contribution < -0.4 is 5.32 Å². The maximum absolute atomic E-state index is 12.0. The molecule has 6 nitrogen and oxygen atoms in total. The number of thiazole rings is 1. The summed E-state index contributed by atoms with van der Waals surface area (Å²) in [5.41, 5.74) is 0.700. The molecule has 0 bridgehead atoms. The molecule has 1 heterocycles. The zero-order valence-electron chi connectivity index (χ0n) is 14.6. The smallest absolute Gasteiger partial charge is 0.270 e. The van der Waals surface area contributed by atoms with Gasteiger partial charge in [-0.2, -0.15) is 0 Å². The van der Waals surface area contributed by atoms with Gasteiger partial charge in [0.05, 0.1) is 15.1 Å². The average molecular weight is 363 g/mol. The summed E-state index contributed by atoms with van der Waals surface area (Å²) in [6.45, 7) is 2.21. The van der Waals surface area contributed by atoms with Gasteiger partial charge in [0, 0.05) is 18.6 Å². The van der Waals surface area contributed by atoms with Crippen molar-refractivity contribution in [3.63, 3.8) is 0 Å². The largest absolute Gasteiger partial charge is 0.302 e. The van der Waals surface area contributed by atoms with Gasteiger partial charge >= 0.3 is 0 Å². The first kappa shape index (κ1) is 19.3. The molecule has 1 N–H and O–H groups in total. The summed E-state index contributed by atoms with van der Waals surface area (Å²) in [6, 6.07) is 4.52. The summed E-state index contributed by atoms with van der Waals surface area (Å²) in [4.78, 5) is 26.7. The van der Waals surface area contributed by atoms with Gasteiger partial charge < -0.3 is 5.32 Å².